The summed E-state index contributed by atoms with van der Waals surface area (Å²) in [6, 6.07) is 8.57. The number of hydrogen-bond acceptors (Lipinski definition) is 5. The quantitative estimate of drug-likeness (QED) is 0.586. The van der Waals surface area contributed by atoms with E-state index < -0.39 is 22.2 Å². The molecule has 0 saturated heterocycles. The summed E-state index contributed by atoms with van der Waals surface area (Å²) in [4.78, 5) is 11.7. The Bertz CT molecular complexity index is 533. The third-order valence-corrected chi connectivity index (χ3v) is 3.43. The van der Waals surface area contributed by atoms with Crippen molar-refractivity contribution < 1.29 is 22.1 Å². The third kappa shape index (κ3) is 4.65. The summed E-state index contributed by atoms with van der Waals surface area (Å²) in [6.07, 6.45) is 2.25. The minimum Gasteiger partial charge on any atom is -0.459 e. The van der Waals surface area contributed by atoms with Crippen LogP contribution in [0.25, 0.3) is 0 Å². The zero-order valence-corrected chi connectivity index (χ0v) is 11.4. The molecule has 19 heavy (non-hydrogen) atoms. The number of carbonyl (C=O) groups excluding carboxylic acids is 1. The molecule has 1 unspecified atom stereocenters. The molecule has 1 atom stereocenters. The van der Waals surface area contributed by atoms with Gasteiger partial charge in [-0.1, -0.05) is 18.2 Å². The number of hydrogen-bond donors (Lipinski definition) is 0. The number of carbonyl (C=O) groups is 1. The first-order chi connectivity index (χ1) is 8.96. The first-order valence-electron chi connectivity index (χ1n) is 6.06. The lowest BCUT2D eigenvalue weighted by molar-refractivity contribution is 0.0284. The highest BCUT2D eigenvalue weighted by Crippen LogP contribution is 2.35. The lowest BCUT2D eigenvalue weighted by atomic mass is 10.2. The van der Waals surface area contributed by atoms with E-state index in [1.807, 2.05) is 0 Å². The van der Waals surface area contributed by atoms with Gasteiger partial charge in [0.25, 0.3) is 10.1 Å². The standard InChI is InChI=1S/C13H16O5S/c1-19(15,16)18-12(10-7-8-10)9-17-13(14)11-5-3-2-4-6-11/h2-6,10,12H,7-9H2,1H3. The van der Waals surface area contributed by atoms with Gasteiger partial charge < -0.3 is 4.74 Å². The molecule has 0 radical (unpaired) electrons. The van der Waals surface area contributed by atoms with Crippen LogP contribution in [0.4, 0.5) is 0 Å². The second-order valence-electron chi connectivity index (χ2n) is 4.64. The van der Waals surface area contributed by atoms with Gasteiger partial charge in [0.05, 0.1) is 11.8 Å². The van der Waals surface area contributed by atoms with E-state index in [0.29, 0.717) is 5.56 Å². The van der Waals surface area contributed by atoms with Crippen molar-refractivity contribution in [3.8, 4) is 0 Å². The van der Waals surface area contributed by atoms with Gasteiger partial charge >= 0.3 is 5.97 Å². The third-order valence-electron chi connectivity index (χ3n) is 2.83. The Morgan fingerprint density at radius 1 is 1.32 bits per heavy atom. The van der Waals surface area contributed by atoms with Crippen LogP contribution >= 0.6 is 0 Å². The maximum atomic E-state index is 11.7. The molecule has 5 nitrogen and oxygen atoms in total. The second-order valence-corrected chi connectivity index (χ2v) is 6.24. The van der Waals surface area contributed by atoms with Crippen LogP contribution < -0.4 is 0 Å². The van der Waals surface area contributed by atoms with Gasteiger partial charge in [-0.3, -0.25) is 4.18 Å². The summed E-state index contributed by atoms with van der Waals surface area (Å²) in [5, 5.41) is 0. The number of rotatable bonds is 6. The average molecular weight is 284 g/mol. The van der Waals surface area contributed by atoms with Crippen molar-refractivity contribution in [1.29, 1.82) is 0 Å². The monoisotopic (exact) mass is 284 g/mol. The Hall–Kier alpha value is -1.40. The average Bonchev–Trinajstić information content (AvgIpc) is 3.18. The molecule has 6 heteroatoms. The first-order valence-corrected chi connectivity index (χ1v) is 7.88. The van der Waals surface area contributed by atoms with Gasteiger partial charge in [-0.2, -0.15) is 8.42 Å². The molecule has 0 heterocycles. The van der Waals surface area contributed by atoms with Crippen molar-refractivity contribution in [3.05, 3.63) is 35.9 Å². The summed E-state index contributed by atoms with van der Waals surface area (Å²) in [6.45, 7) is -0.0362. The molecule has 2 rings (SSSR count). The zero-order valence-electron chi connectivity index (χ0n) is 10.6. The van der Waals surface area contributed by atoms with E-state index >= 15 is 0 Å². The predicted octanol–water partition coefficient (Wildman–Crippen LogP) is 1.60. The van der Waals surface area contributed by atoms with Crippen molar-refractivity contribution in [3.63, 3.8) is 0 Å². The van der Waals surface area contributed by atoms with Gasteiger partial charge in [-0.15, -0.1) is 0 Å². The summed E-state index contributed by atoms with van der Waals surface area (Å²) < 4.78 is 32.3. The molecule has 0 aliphatic heterocycles. The summed E-state index contributed by atoms with van der Waals surface area (Å²) in [5.74, 6) is -0.304. The molecule has 0 N–H and O–H groups in total. The number of esters is 1. The van der Waals surface area contributed by atoms with E-state index in [4.69, 9.17) is 8.92 Å². The smallest absolute Gasteiger partial charge is 0.338 e. The van der Waals surface area contributed by atoms with Crippen molar-refractivity contribution in [1.82, 2.24) is 0 Å². The maximum Gasteiger partial charge on any atom is 0.338 e. The molecule has 1 saturated carbocycles. The van der Waals surface area contributed by atoms with E-state index in [9.17, 15) is 13.2 Å². The lowest BCUT2D eigenvalue weighted by Gasteiger charge is -2.15. The van der Waals surface area contributed by atoms with E-state index in [2.05, 4.69) is 0 Å². The van der Waals surface area contributed by atoms with Crippen molar-refractivity contribution in [2.24, 2.45) is 5.92 Å². The SMILES string of the molecule is CS(=O)(=O)OC(COC(=O)c1ccccc1)C1CC1. The molecule has 1 aliphatic rings. The highest BCUT2D eigenvalue weighted by molar-refractivity contribution is 7.86. The predicted molar refractivity (Wildman–Crippen MR) is 69.2 cm³/mol. The molecule has 1 fully saturated rings. The van der Waals surface area contributed by atoms with Crippen molar-refractivity contribution in [2.75, 3.05) is 12.9 Å². The Labute approximate surface area is 112 Å². The Kier molecular flexibility index (Phi) is 4.21. The lowest BCUT2D eigenvalue weighted by Crippen LogP contribution is -2.26. The largest absolute Gasteiger partial charge is 0.459 e. The van der Waals surface area contributed by atoms with Crippen molar-refractivity contribution in [2.45, 2.75) is 18.9 Å². The van der Waals surface area contributed by atoms with Crippen LogP contribution in [0.15, 0.2) is 30.3 Å². The highest BCUT2D eigenvalue weighted by Gasteiger charge is 2.35. The molecule has 0 amide bonds. The first kappa shape index (κ1) is 14.0. The fourth-order valence-corrected chi connectivity index (χ4v) is 2.41. The molecular weight excluding hydrogens is 268 g/mol. The van der Waals surface area contributed by atoms with E-state index in [0.717, 1.165) is 19.1 Å². The summed E-state index contributed by atoms with van der Waals surface area (Å²) in [5.41, 5.74) is 0.441. The van der Waals surface area contributed by atoms with Crippen LogP contribution in [0, 0.1) is 5.92 Å². The van der Waals surface area contributed by atoms with Crippen LogP contribution in [-0.2, 0) is 19.0 Å². The van der Waals surface area contributed by atoms with Crippen molar-refractivity contribution >= 4 is 16.1 Å². The Morgan fingerprint density at radius 2 is 1.95 bits per heavy atom. The fraction of sp³-hybridized carbons (Fsp3) is 0.462. The summed E-state index contributed by atoms with van der Waals surface area (Å²) >= 11 is 0. The topological polar surface area (TPSA) is 69.7 Å². The fourth-order valence-electron chi connectivity index (χ4n) is 1.75. The normalized spacial score (nSPS) is 16.9. The number of benzene rings is 1. The van der Waals surface area contributed by atoms with Gasteiger partial charge in [0.1, 0.15) is 12.7 Å². The van der Waals surface area contributed by atoms with E-state index in [-0.39, 0.29) is 12.5 Å². The van der Waals surface area contributed by atoms with Gasteiger partial charge in [-0.25, -0.2) is 4.79 Å². The van der Waals surface area contributed by atoms with Gasteiger partial charge in [-0.05, 0) is 30.9 Å². The molecular formula is C13H16O5S. The van der Waals surface area contributed by atoms with Crippen LogP contribution in [0.3, 0.4) is 0 Å². The number of ether oxygens (including phenoxy) is 1. The highest BCUT2D eigenvalue weighted by atomic mass is 32.2. The Balaban J connectivity index is 1.90. The molecule has 1 aliphatic carbocycles. The molecule has 0 bridgehead atoms. The van der Waals surface area contributed by atoms with Crippen LogP contribution in [0.5, 0.6) is 0 Å². The van der Waals surface area contributed by atoms with Gasteiger partial charge in [0.2, 0.25) is 0 Å². The minimum atomic E-state index is -3.53. The van der Waals surface area contributed by atoms with Gasteiger partial charge in [0.15, 0.2) is 0 Å². The molecule has 0 spiro atoms. The van der Waals surface area contributed by atoms with Crippen LogP contribution in [0.1, 0.15) is 23.2 Å². The minimum absolute atomic E-state index is 0.0362. The maximum absolute atomic E-state index is 11.7. The second kappa shape index (κ2) is 5.71. The summed E-state index contributed by atoms with van der Waals surface area (Å²) in [7, 11) is -3.53. The van der Waals surface area contributed by atoms with E-state index in [1.165, 1.54) is 0 Å². The zero-order chi connectivity index (χ0) is 13.9. The molecule has 104 valence electrons. The molecule has 0 aromatic heterocycles. The molecule has 1 aromatic rings. The molecule has 1 aromatic carbocycles. The van der Waals surface area contributed by atoms with Crippen LogP contribution in [0.2, 0.25) is 0 Å². The Morgan fingerprint density at radius 3 is 2.47 bits per heavy atom. The van der Waals surface area contributed by atoms with Crippen LogP contribution in [-0.4, -0.2) is 33.4 Å². The van der Waals surface area contributed by atoms with E-state index in [1.54, 1.807) is 30.3 Å². The van der Waals surface area contributed by atoms with Gasteiger partial charge in [0, 0.05) is 0 Å².